The number of aromatic amines is 1. The first kappa shape index (κ1) is 28.0. The molecule has 1 fully saturated rings. The third-order valence-corrected chi connectivity index (χ3v) is 7.33. The maximum absolute atomic E-state index is 13.8. The van der Waals surface area contributed by atoms with Crippen molar-refractivity contribution in [2.24, 2.45) is 0 Å². The zero-order valence-corrected chi connectivity index (χ0v) is 23.4. The van der Waals surface area contributed by atoms with Gasteiger partial charge in [-0.1, -0.05) is 31.2 Å². The SMILES string of the molecule is CCCn1c(=O)n(C2CC2)c(=O)c2[nH]c(-c3ccc(NCc4ccc(CNC(=O)c5ccc(F)cc5F)cc4)nc3)nc21. The number of benzene rings is 2. The van der Waals surface area contributed by atoms with Crippen molar-refractivity contribution in [2.75, 3.05) is 5.32 Å². The van der Waals surface area contributed by atoms with E-state index in [1.807, 2.05) is 43.3 Å². The van der Waals surface area contributed by atoms with Gasteiger partial charge in [-0.05, 0) is 54.7 Å². The number of hydrogen-bond acceptors (Lipinski definition) is 6. The van der Waals surface area contributed by atoms with Gasteiger partial charge in [0.15, 0.2) is 5.65 Å². The number of halogens is 2. The van der Waals surface area contributed by atoms with E-state index < -0.39 is 17.5 Å². The summed E-state index contributed by atoms with van der Waals surface area (Å²) < 4.78 is 29.8. The average molecular weight is 586 g/mol. The predicted octanol–water partition coefficient (Wildman–Crippen LogP) is 4.51. The summed E-state index contributed by atoms with van der Waals surface area (Å²) in [6, 6.07) is 14.0. The maximum atomic E-state index is 13.8. The zero-order valence-electron chi connectivity index (χ0n) is 23.4. The van der Waals surface area contributed by atoms with E-state index in [0.29, 0.717) is 47.5 Å². The van der Waals surface area contributed by atoms with Crippen molar-refractivity contribution in [3.8, 4) is 11.4 Å². The maximum Gasteiger partial charge on any atom is 0.333 e. The molecule has 0 radical (unpaired) electrons. The predicted molar refractivity (Wildman–Crippen MR) is 158 cm³/mol. The molecular formula is C31H29F2N7O3. The smallest absolute Gasteiger partial charge is 0.333 e. The second-order valence-electron chi connectivity index (χ2n) is 10.5. The molecule has 3 aromatic heterocycles. The average Bonchev–Trinajstić information content (AvgIpc) is 3.74. The van der Waals surface area contributed by atoms with Gasteiger partial charge in [-0.2, -0.15) is 0 Å². The molecule has 43 heavy (non-hydrogen) atoms. The number of carbonyl (C=O) groups excluding carboxylic acids is 1. The van der Waals surface area contributed by atoms with Crippen LogP contribution >= 0.6 is 0 Å². The topological polar surface area (TPSA) is 127 Å². The van der Waals surface area contributed by atoms with E-state index in [9.17, 15) is 23.2 Å². The number of anilines is 1. The molecule has 12 heteroatoms. The Labute approximate surface area is 244 Å². The van der Waals surface area contributed by atoms with Crippen LogP contribution in [0.25, 0.3) is 22.6 Å². The van der Waals surface area contributed by atoms with Gasteiger partial charge in [0, 0.05) is 43.5 Å². The lowest BCUT2D eigenvalue weighted by Crippen LogP contribution is -2.39. The summed E-state index contributed by atoms with van der Waals surface area (Å²) in [4.78, 5) is 50.5. The van der Waals surface area contributed by atoms with Crippen LogP contribution in [0.3, 0.4) is 0 Å². The Morgan fingerprint density at radius 1 is 1.02 bits per heavy atom. The van der Waals surface area contributed by atoms with E-state index in [1.54, 1.807) is 10.8 Å². The Kier molecular flexibility index (Phi) is 7.58. The number of fused-ring (bicyclic) bond motifs is 1. The summed E-state index contributed by atoms with van der Waals surface area (Å²) in [6.45, 7) is 3.13. The first-order valence-corrected chi connectivity index (χ1v) is 14.1. The van der Waals surface area contributed by atoms with Crippen LogP contribution in [0.1, 0.15) is 53.7 Å². The number of imidazole rings is 1. The fourth-order valence-corrected chi connectivity index (χ4v) is 4.91. The molecule has 0 atom stereocenters. The molecule has 1 amide bonds. The summed E-state index contributed by atoms with van der Waals surface area (Å²) in [5.74, 6) is -1.17. The third kappa shape index (κ3) is 5.81. The molecular weight excluding hydrogens is 556 g/mol. The minimum atomic E-state index is -0.908. The molecule has 0 bridgehead atoms. The van der Waals surface area contributed by atoms with Crippen LogP contribution in [-0.2, 0) is 19.6 Å². The standard InChI is InChI=1S/C31H29F2N7O3/c1-2-13-39-28-26(30(42)40(31(39)43)22-9-10-22)37-27(38-28)20-7-12-25(35-17-20)34-15-18-3-5-19(6-4-18)16-36-29(41)23-11-8-21(32)14-24(23)33/h3-8,11-12,14,17,22H,2,9-10,13,15-16H2,1H3,(H,34,35)(H,36,41)(H,37,38). The minimum Gasteiger partial charge on any atom is -0.366 e. The molecule has 2 aromatic carbocycles. The molecule has 0 aliphatic heterocycles. The highest BCUT2D eigenvalue weighted by Gasteiger charge is 2.30. The lowest BCUT2D eigenvalue weighted by atomic mass is 10.1. The van der Waals surface area contributed by atoms with E-state index in [2.05, 4.69) is 25.6 Å². The Bertz CT molecular complexity index is 1930. The van der Waals surface area contributed by atoms with Crippen LogP contribution < -0.4 is 21.9 Å². The summed E-state index contributed by atoms with van der Waals surface area (Å²) in [5.41, 5.74) is 2.30. The number of H-pyrrole nitrogens is 1. The normalized spacial score (nSPS) is 12.9. The number of aromatic nitrogens is 5. The second kappa shape index (κ2) is 11.6. The Morgan fingerprint density at radius 2 is 1.77 bits per heavy atom. The van der Waals surface area contributed by atoms with Gasteiger partial charge in [0.25, 0.3) is 11.5 Å². The van der Waals surface area contributed by atoms with Gasteiger partial charge in [-0.25, -0.2) is 23.5 Å². The minimum absolute atomic E-state index is 0.0397. The highest BCUT2D eigenvalue weighted by atomic mass is 19.1. The quantitative estimate of drug-likeness (QED) is 0.221. The lowest BCUT2D eigenvalue weighted by molar-refractivity contribution is 0.0946. The van der Waals surface area contributed by atoms with Crippen LogP contribution in [0, 0.1) is 11.6 Å². The van der Waals surface area contributed by atoms with E-state index in [-0.39, 0.29) is 29.4 Å². The van der Waals surface area contributed by atoms with Gasteiger partial charge < -0.3 is 15.6 Å². The second-order valence-corrected chi connectivity index (χ2v) is 10.5. The molecule has 220 valence electrons. The Balaban J connectivity index is 1.09. The Hall–Kier alpha value is -5.13. The summed E-state index contributed by atoms with van der Waals surface area (Å²) >= 11 is 0. The number of nitrogens with zero attached hydrogens (tertiary/aromatic N) is 4. The molecule has 10 nitrogen and oxygen atoms in total. The number of aryl methyl sites for hydroxylation is 1. The number of pyridine rings is 1. The summed E-state index contributed by atoms with van der Waals surface area (Å²) in [6.07, 6.45) is 4.04. The van der Waals surface area contributed by atoms with E-state index >= 15 is 0 Å². The van der Waals surface area contributed by atoms with Crippen LogP contribution in [0.4, 0.5) is 14.6 Å². The van der Waals surface area contributed by atoms with Crippen molar-refractivity contribution in [3.63, 3.8) is 0 Å². The van der Waals surface area contributed by atoms with Crippen LogP contribution in [0.15, 0.2) is 70.4 Å². The van der Waals surface area contributed by atoms with Crippen LogP contribution in [0.5, 0.6) is 0 Å². The molecule has 0 unspecified atom stereocenters. The number of hydrogen-bond donors (Lipinski definition) is 3. The molecule has 1 saturated carbocycles. The van der Waals surface area contributed by atoms with Crippen molar-refractivity contribution >= 4 is 22.9 Å². The molecule has 0 spiro atoms. The highest BCUT2D eigenvalue weighted by molar-refractivity contribution is 5.94. The van der Waals surface area contributed by atoms with Crippen molar-refractivity contribution in [1.29, 1.82) is 0 Å². The van der Waals surface area contributed by atoms with Gasteiger partial charge in [0.1, 0.15) is 28.8 Å². The van der Waals surface area contributed by atoms with Gasteiger partial charge in [0.2, 0.25) is 0 Å². The third-order valence-electron chi connectivity index (χ3n) is 7.33. The number of rotatable bonds is 10. The summed E-state index contributed by atoms with van der Waals surface area (Å²) in [7, 11) is 0. The number of carbonyl (C=O) groups is 1. The molecule has 0 saturated heterocycles. The molecule has 1 aliphatic carbocycles. The highest BCUT2D eigenvalue weighted by Crippen LogP contribution is 2.32. The van der Waals surface area contributed by atoms with Gasteiger partial charge in [-0.15, -0.1) is 0 Å². The van der Waals surface area contributed by atoms with Gasteiger partial charge in [0.05, 0.1) is 5.56 Å². The Morgan fingerprint density at radius 3 is 2.42 bits per heavy atom. The van der Waals surface area contributed by atoms with Crippen LogP contribution in [-0.4, -0.2) is 30.0 Å². The molecule has 3 heterocycles. The largest absolute Gasteiger partial charge is 0.366 e. The number of amides is 1. The molecule has 6 rings (SSSR count). The van der Waals surface area contributed by atoms with E-state index in [0.717, 1.165) is 42.5 Å². The van der Waals surface area contributed by atoms with Crippen molar-refractivity contribution in [2.45, 2.75) is 51.9 Å². The first-order valence-electron chi connectivity index (χ1n) is 14.1. The van der Waals surface area contributed by atoms with Crippen molar-refractivity contribution in [3.05, 3.63) is 110 Å². The lowest BCUT2D eigenvalue weighted by Gasteiger charge is -2.09. The van der Waals surface area contributed by atoms with Gasteiger partial charge >= 0.3 is 5.69 Å². The fraction of sp³-hybridized carbons (Fsp3) is 0.258. The first-order chi connectivity index (χ1) is 20.8. The zero-order chi connectivity index (χ0) is 30.1. The molecule has 5 aromatic rings. The fourth-order valence-electron chi connectivity index (χ4n) is 4.91. The summed E-state index contributed by atoms with van der Waals surface area (Å²) in [5, 5.41) is 5.89. The number of nitrogens with one attached hydrogen (secondary N) is 3. The van der Waals surface area contributed by atoms with Crippen molar-refractivity contribution < 1.29 is 13.6 Å². The van der Waals surface area contributed by atoms with Crippen molar-refractivity contribution in [1.82, 2.24) is 29.4 Å². The van der Waals surface area contributed by atoms with Gasteiger partial charge in [-0.3, -0.25) is 18.7 Å². The van der Waals surface area contributed by atoms with E-state index in [4.69, 9.17) is 0 Å². The molecule has 1 aliphatic rings. The molecule has 3 N–H and O–H groups in total. The van der Waals surface area contributed by atoms with E-state index in [1.165, 1.54) is 4.57 Å². The van der Waals surface area contributed by atoms with Crippen LogP contribution in [0.2, 0.25) is 0 Å². The monoisotopic (exact) mass is 585 g/mol.